The normalized spacial score (nSPS) is 17.4. The fourth-order valence-corrected chi connectivity index (χ4v) is 2.06. The van der Waals surface area contributed by atoms with E-state index >= 15 is 0 Å². The van der Waals surface area contributed by atoms with E-state index in [0.717, 1.165) is 19.3 Å². The number of carbonyl (C=O) groups is 1. The highest BCUT2D eigenvalue weighted by Crippen LogP contribution is 2.34. The van der Waals surface area contributed by atoms with Gasteiger partial charge in [0.1, 0.15) is 0 Å². The number of benzene rings is 1. The molecule has 16 heavy (non-hydrogen) atoms. The van der Waals surface area contributed by atoms with Gasteiger partial charge in [0.25, 0.3) is 0 Å². The molecular formula is C13H17NO2. The smallest absolute Gasteiger partial charge is 0.227 e. The zero-order valence-corrected chi connectivity index (χ0v) is 9.28. The summed E-state index contributed by atoms with van der Waals surface area (Å²) >= 11 is 0. The Morgan fingerprint density at radius 2 is 2.19 bits per heavy atom. The monoisotopic (exact) mass is 219 g/mol. The fraction of sp³-hybridized carbons (Fsp3) is 0.462. The van der Waals surface area contributed by atoms with Crippen LogP contribution in [-0.2, 0) is 11.2 Å². The number of fused-ring (bicyclic) bond motifs is 1. The predicted molar refractivity (Wildman–Crippen MR) is 62.2 cm³/mol. The molecule has 2 N–H and O–H groups in total. The lowest BCUT2D eigenvalue weighted by Crippen LogP contribution is -2.35. The second-order valence-electron chi connectivity index (χ2n) is 4.18. The van der Waals surface area contributed by atoms with Crippen LogP contribution in [0.2, 0.25) is 0 Å². The van der Waals surface area contributed by atoms with Crippen LogP contribution in [0, 0.1) is 0 Å². The van der Waals surface area contributed by atoms with E-state index in [4.69, 9.17) is 5.11 Å². The summed E-state index contributed by atoms with van der Waals surface area (Å²) in [5, 5.41) is 11.5. The first-order valence-electron chi connectivity index (χ1n) is 5.79. The predicted octanol–water partition coefficient (Wildman–Crippen LogP) is 1.21. The third-order valence-corrected chi connectivity index (χ3v) is 3.06. The molecule has 3 nitrogen and oxygen atoms in total. The van der Waals surface area contributed by atoms with Gasteiger partial charge >= 0.3 is 0 Å². The van der Waals surface area contributed by atoms with Crippen LogP contribution in [0.1, 0.15) is 29.9 Å². The molecule has 0 fully saturated rings. The molecule has 1 aromatic rings. The van der Waals surface area contributed by atoms with E-state index < -0.39 is 0 Å². The molecule has 1 aliphatic rings. The molecule has 86 valence electrons. The highest BCUT2D eigenvalue weighted by Gasteiger charge is 2.31. The maximum absolute atomic E-state index is 11.8. The molecular weight excluding hydrogens is 202 g/mol. The summed E-state index contributed by atoms with van der Waals surface area (Å²) < 4.78 is 0. The molecule has 3 heteroatoms. The number of hydrogen-bond acceptors (Lipinski definition) is 2. The number of amides is 1. The van der Waals surface area contributed by atoms with Gasteiger partial charge in [0.15, 0.2) is 0 Å². The van der Waals surface area contributed by atoms with E-state index in [1.165, 1.54) is 11.1 Å². The van der Waals surface area contributed by atoms with Gasteiger partial charge in [-0.2, -0.15) is 0 Å². The van der Waals surface area contributed by atoms with Crippen LogP contribution in [-0.4, -0.2) is 24.2 Å². The van der Waals surface area contributed by atoms with Crippen molar-refractivity contribution in [2.45, 2.75) is 25.2 Å². The Bertz CT molecular complexity index is 376. The summed E-state index contributed by atoms with van der Waals surface area (Å²) in [6.45, 7) is 0.861. The van der Waals surface area contributed by atoms with Gasteiger partial charge in [0, 0.05) is 13.2 Å². The Kier molecular flexibility index (Phi) is 3.57. The van der Waals surface area contributed by atoms with Crippen LogP contribution in [0.3, 0.4) is 0 Å². The standard InChI is InChI=1S/C13H17NO2/c15-8-4-3-7-14-13(16)12-9-10-5-1-2-6-11(10)12/h1-2,5-6,12,15H,3-4,7-9H2,(H,14,16). The molecule has 1 atom stereocenters. The molecule has 0 heterocycles. The van der Waals surface area contributed by atoms with Gasteiger partial charge in [-0.15, -0.1) is 0 Å². The molecule has 2 rings (SSSR count). The van der Waals surface area contributed by atoms with Crippen molar-refractivity contribution in [2.75, 3.05) is 13.2 Å². The van der Waals surface area contributed by atoms with E-state index in [0.29, 0.717) is 6.54 Å². The second kappa shape index (κ2) is 5.12. The quantitative estimate of drug-likeness (QED) is 0.731. The van der Waals surface area contributed by atoms with Crippen LogP contribution in [0.15, 0.2) is 24.3 Å². The van der Waals surface area contributed by atoms with Crippen molar-refractivity contribution < 1.29 is 9.90 Å². The number of unbranched alkanes of at least 4 members (excludes halogenated alkanes) is 1. The molecule has 0 saturated heterocycles. The zero-order chi connectivity index (χ0) is 11.4. The van der Waals surface area contributed by atoms with E-state index in [9.17, 15) is 4.79 Å². The minimum atomic E-state index is 0.0466. The first kappa shape index (κ1) is 11.1. The minimum Gasteiger partial charge on any atom is -0.396 e. The maximum Gasteiger partial charge on any atom is 0.227 e. The van der Waals surface area contributed by atoms with Crippen LogP contribution < -0.4 is 5.32 Å². The van der Waals surface area contributed by atoms with E-state index in [1.54, 1.807) is 0 Å². The van der Waals surface area contributed by atoms with Crippen molar-refractivity contribution in [3.8, 4) is 0 Å². The minimum absolute atomic E-state index is 0.0466. The molecule has 1 amide bonds. The Hall–Kier alpha value is -1.35. The molecule has 1 aromatic carbocycles. The summed E-state index contributed by atoms with van der Waals surface area (Å²) in [6.07, 6.45) is 2.46. The first-order chi connectivity index (χ1) is 7.83. The molecule has 0 aliphatic heterocycles. The summed E-state index contributed by atoms with van der Waals surface area (Å²) in [4.78, 5) is 11.8. The molecule has 0 radical (unpaired) electrons. The molecule has 1 unspecified atom stereocenters. The number of aliphatic hydroxyl groups is 1. The van der Waals surface area contributed by atoms with Crippen LogP contribution in [0.4, 0.5) is 0 Å². The fourth-order valence-electron chi connectivity index (χ4n) is 2.06. The highest BCUT2D eigenvalue weighted by atomic mass is 16.2. The molecule has 0 saturated carbocycles. The van der Waals surface area contributed by atoms with Crippen molar-refractivity contribution in [1.82, 2.24) is 5.32 Å². The highest BCUT2D eigenvalue weighted by molar-refractivity contribution is 5.86. The average molecular weight is 219 g/mol. The van der Waals surface area contributed by atoms with Gasteiger partial charge in [-0.05, 0) is 30.4 Å². The number of hydrogen-bond donors (Lipinski definition) is 2. The van der Waals surface area contributed by atoms with Gasteiger partial charge in [0.05, 0.1) is 5.92 Å². The summed E-state index contributed by atoms with van der Waals surface area (Å²) in [5.41, 5.74) is 2.46. The SMILES string of the molecule is O=C(NCCCCO)C1Cc2ccccc21. The Morgan fingerprint density at radius 3 is 2.94 bits per heavy atom. The van der Waals surface area contributed by atoms with Crippen molar-refractivity contribution >= 4 is 5.91 Å². The largest absolute Gasteiger partial charge is 0.396 e. The van der Waals surface area contributed by atoms with E-state index in [-0.39, 0.29) is 18.4 Å². The van der Waals surface area contributed by atoms with Crippen LogP contribution >= 0.6 is 0 Å². The van der Waals surface area contributed by atoms with Crippen molar-refractivity contribution in [3.63, 3.8) is 0 Å². The van der Waals surface area contributed by atoms with Gasteiger partial charge in [-0.3, -0.25) is 4.79 Å². The number of nitrogens with one attached hydrogen (secondary N) is 1. The Balaban J connectivity index is 1.80. The van der Waals surface area contributed by atoms with Gasteiger partial charge in [-0.1, -0.05) is 24.3 Å². The Morgan fingerprint density at radius 1 is 1.38 bits per heavy atom. The van der Waals surface area contributed by atoms with Crippen molar-refractivity contribution in [3.05, 3.63) is 35.4 Å². The average Bonchev–Trinajstić information content (AvgIpc) is 2.26. The molecule has 0 aromatic heterocycles. The number of aliphatic hydroxyl groups excluding tert-OH is 1. The Labute approximate surface area is 95.5 Å². The van der Waals surface area contributed by atoms with Gasteiger partial charge in [-0.25, -0.2) is 0 Å². The van der Waals surface area contributed by atoms with E-state index in [2.05, 4.69) is 11.4 Å². The summed E-state index contributed by atoms with van der Waals surface area (Å²) in [6, 6.07) is 8.08. The number of carbonyl (C=O) groups excluding carboxylic acids is 1. The topological polar surface area (TPSA) is 49.3 Å². The summed E-state index contributed by atoms with van der Waals surface area (Å²) in [5.74, 6) is 0.168. The maximum atomic E-state index is 11.8. The first-order valence-corrected chi connectivity index (χ1v) is 5.79. The van der Waals surface area contributed by atoms with E-state index in [1.807, 2.05) is 18.2 Å². The van der Waals surface area contributed by atoms with Gasteiger partial charge < -0.3 is 10.4 Å². The van der Waals surface area contributed by atoms with Crippen molar-refractivity contribution in [2.24, 2.45) is 0 Å². The third-order valence-electron chi connectivity index (χ3n) is 3.06. The lowest BCUT2D eigenvalue weighted by molar-refractivity contribution is -0.123. The lowest BCUT2D eigenvalue weighted by atomic mass is 9.77. The lowest BCUT2D eigenvalue weighted by Gasteiger charge is -2.28. The number of rotatable bonds is 5. The zero-order valence-electron chi connectivity index (χ0n) is 9.28. The van der Waals surface area contributed by atoms with Crippen LogP contribution in [0.5, 0.6) is 0 Å². The molecule has 0 bridgehead atoms. The molecule has 0 spiro atoms. The van der Waals surface area contributed by atoms with Crippen LogP contribution in [0.25, 0.3) is 0 Å². The summed E-state index contributed by atoms with van der Waals surface area (Å²) in [7, 11) is 0. The third kappa shape index (κ3) is 2.25. The second-order valence-corrected chi connectivity index (χ2v) is 4.18. The molecule has 1 aliphatic carbocycles. The van der Waals surface area contributed by atoms with Gasteiger partial charge in [0.2, 0.25) is 5.91 Å². The van der Waals surface area contributed by atoms with Crippen molar-refractivity contribution in [1.29, 1.82) is 0 Å².